The summed E-state index contributed by atoms with van der Waals surface area (Å²) >= 11 is 0. The summed E-state index contributed by atoms with van der Waals surface area (Å²) in [6.07, 6.45) is 43.5. The molecule has 0 saturated carbocycles. The maximum atomic E-state index is 12.6. The van der Waals surface area contributed by atoms with Crippen LogP contribution in [0.4, 0.5) is 0 Å². The molecule has 0 amide bonds. The second-order valence-corrected chi connectivity index (χ2v) is 12.1. The number of carbonyl (C=O) groups excluding carboxylic acids is 1. The van der Waals surface area contributed by atoms with Crippen LogP contribution in [0.15, 0.2) is 48.6 Å². The maximum absolute atomic E-state index is 12.6. The fraction of sp³-hybridized carbons (Fsp3) is 0.769. The number of hydrogen-bond donors (Lipinski definition) is 2. The molecule has 0 aromatic heterocycles. The highest BCUT2D eigenvalue weighted by atomic mass is 16.5. The van der Waals surface area contributed by atoms with Crippen LogP contribution in [0.1, 0.15) is 168 Å². The molecule has 2 N–H and O–H groups in total. The summed E-state index contributed by atoms with van der Waals surface area (Å²) in [5.41, 5.74) is 0. The van der Waals surface area contributed by atoms with Crippen LogP contribution >= 0.6 is 0 Å². The van der Waals surface area contributed by atoms with Crippen LogP contribution in [0.2, 0.25) is 0 Å². The second-order valence-electron chi connectivity index (χ2n) is 12.1. The molecule has 0 spiro atoms. The fourth-order valence-electron chi connectivity index (χ4n) is 5.12. The van der Waals surface area contributed by atoms with Gasteiger partial charge in [-0.05, 0) is 51.4 Å². The first-order valence-corrected chi connectivity index (χ1v) is 18.2. The second kappa shape index (κ2) is 35.0. The molecule has 0 bridgehead atoms. The molecule has 4 heteroatoms. The van der Waals surface area contributed by atoms with Gasteiger partial charge < -0.3 is 14.9 Å². The van der Waals surface area contributed by atoms with E-state index in [1.807, 2.05) is 0 Å². The van der Waals surface area contributed by atoms with Crippen LogP contribution in [0.25, 0.3) is 0 Å². The average Bonchev–Trinajstić information content (AvgIpc) is 3.02. The molecule has 0 aliphatic rings. The largest absolute Gasteiger partial charge is 0.394 e. The molecule has 0 aliphatic carbocycles. The maximum Gasteiger partial charge on any atom is 0.164 e. The Hall–Kier alpha value is -1.49. The van der Waals surface area contributed by atoms with Crippen molar-refractivity contribution in [2.75, 3.05) is 13.2 Å². The molecule has 0 fully saturated rings. The summed E-state index contributed by atoms with van der Waals surface area (Å²) in [5.74, 6) is -0.109. The Morgan fingerprint density at radius 1 is 0.558 bits per heavy atom. The van der Waals surface area contributed by atoms with Gasteiger partial charge in [0, 0.05) is 13.0 Å². The number of aliphatic hydroxyl groups excluding tert-OH is 2. The number of unbranched alkanes of at least 4 members (excludes halogenated alkanes) is 17. The summed E-state index contributed by atoms with van der Waals surface area (Å²) in [7, 11) is 0. The van der Waals surface area contributed by atoms with Crippen LogP contribution in [-0.4, -0.2) is 41.4 Å². The van der Waals surface area contributed by atoms with Crippen molar-refractivity contribution in [3.8, 4) is 0 Å². The van der Waals surface area contributed by atoms with Gasteiger partial charge in [0.05, 0.1) is 6.61 Å². The van der Waals surface area contributed by atoms with Gasteiger partial charge in [-0.1, -0.05) is 159 Å². The van der Waals surface area contributed by atoms with E-state index in [9.17, 15) is 15.0 Å². The number of hydrogen-bond acceptors (Lipinski definition) is 4. The molecule has 0 rings (SSSR count). The van der Waals surface area contributed by atoms with Gasteiger partial charge in [0.15, 0.2) is 5.78 Å². The van der Waals surface area contributed by atoms with E-state index in [-0.39, 0.29) is 5.78 Å². The highest BCUT2D eigenvalue weighted by Gasteiger charge is 2.26. The SMILES string of the molecule is CCCCCC=CCC=CCC=CCC=CCCCC(=O)[C@@H](OCCCCCCCCCCCCCCCC)[C@@H](O)CO. The van der Waals surface area contributed by atoms with Crippen LogP contribution in [0.3, 0.4) is 0 Å². The lowest BCUT2D eigenvalue weighted by atomic mass is 10.0. The van der Waals surface area contributed by atoms with Gasteiger partial charge in [-0.2, -0.15) is 0 Å². The van der Waals surface area contributed by atoms with E-state index in [4.69, 9.17) is 4.74 Å². The third-order valence-corrected chi connectivity index (χ3v) is 7.90. The van der Waals surface area contributed by atoms with Gasteiger partial charge in [0.25, 0.3) is 0 Å². The van der Waals surface area contributed by atoms with E-state index in [0.29, 0.717) is 13.0 Å². The Morgan fingerprint density at radius 2 is 0.953 bits per heavy atom. The first kappa shape index (κ1) is 41.5. The molecule has 0 aromatic carbocycles. The van der Waals surface area contributed by atoms with Crippen molar-refractivity contribution in [2.24, 2.45) is 0 Å². The van der Waals surface area contributed by atoms with Crippen molar-refractivity contribution in [1.82, 2.24) is 0 Å². The number of rotatable bonds is 33. The fourth-order valence-corrected chi connectivity index (χ4v) is 5.12. The molecule has 0 aromatic rings. The van der Waals surface area contributed by atoms with E-state index in [1.165, 1.54) is 103 Å². The van der Waals surface area contributed by atoms with Gasteiger partial charge >= 0.3 is 0 Å². The quantitative estimate of drug-likeness (QED) is 0.0579. The van der Waals surface area contributed by atoms with E-state index in [1.54, 1.807) is 0 Å². The molecule has 4 nitrogen and oxygen atoms in total. The lowest BCUT2D eigenvalue weighted by molar-refractivity contribution is -0.141. The number of carbonyl (C=O) groups is 1. The van der Waals surface area contributed by atoms with Crippen LogP contribution in [0.5, 0.6) is 0 Å². The normalized spacial score (nSPS) is 13.8. The minimum Gasteiger partial charge on any atom is -0.394 e. The van der Waals surface area contributed by atoms with Crippen molar-refractivity contribution >= 4 is 5.78 Å². The minimum absolute atomic E-state index is 0.109. The Kier molecular flexibility index (Phi) is 33.8. The lowest BCUT2D eigenvalue weighted by Crippen LogP contribution is -2.39. The van der Waals surface area contributed by atoms with Crippen molar-refractivity contribution in [2.45, 2.75) is 180 Å². The predicted octanol–water partition coefficient (Wildman–Crippen LogP) is 10.9. The molecule has 0 aliphatic heterocycles. The van der Waals surface area contributed by atoms with E-state index in [2.05, 4.69) is 62.5 Å². The van der Waals surface area contributed by atoms with Crippen LogP contribution in [0, 0.1) is 0 Å². The standard InChI is InChI=1S/C39H70O4/c1-3-5-7-9-11-13-15-17-19-20-21-22-24-26-28-30-32-34-37(41)39(38(42)36-40)43-35-33-31-29-27-25-23-18-16-14-12-10-8-6-4-2/h11,13,17,19,21-22,26,28,38-40,42H,3-10,12,14-16,18,20,23-25,27,29-36H2,1-2H3/t38-,39+/m0/s1. The van der Waals surface area contributed by atoms with Crippen molar-refractivity contribution in [3.63, 3.8) is 0 Å². The molecule has 0 radical (unpaired) electrons. The summed E-state index contributed by atoms with van der Waals surface area (Å²) in [6, 6.07) is 0. The number of allylic oxidation sites excluding steroid dienone is 8. The van der Waals surface area contributed by atoms with Crippen LogP contribution in [-0.2, 0) is 9.53 Å². The summed E-state index contributed by atoms with van der Waals surface area (Å²) in [4.78, 5) is 12.6. The van der Waals surface area contributed by atoms with Crippen molar-refractivity contribution < 1.29 is 19.7 Å². The topological polar surface area (TPSA) is 66.8 Å². The zero-order valence-electron chi connectivity index (χ0n) is 28.4. The van der Waals surface area contributed by atoms with Gasteiger partial charge in [-0.25, -0.2) is 0 Å². The monoisotopic (exact) mass is 603 g/mol. The zero-order chi connectivity index (χ0) is 31.5. The molecule has 43 heavy (non-hydrogen) atoms. The summed E-state index contributed by atoms with van der Waals surface area (Å²) in [5, 5.41) is 19.5. The minimum atomic E-state index is -1.14. The molecule has 0 heterocycles. The number of ketones is 1. The Bertz CT molecular complexity index is 693. The van der Waals surface area contributed by atoms with Gasteiger partial charge in [0.2, 0.25) is 0 Å². The summed E-state index contributed by atoms with van der Waals surface area (Å²) in [6.45, 7) is 4.51. The molecule has 2 atom stereocenters. The van der Waals surface area contributed by atoms with E-state index < -0.39 is 18.8 Å². The highest BCUT2D eigenvalue weighted by molar-refractivity contribution is 5.83. The summed E-state index contributed by atoms with van der Waals surface area (Å²) < 4.78 is 5.75. The zero-order valence-corrected chi connectivity index (χ0v) is 28.4. The number of aliphatic hydroxyl groups is 2. The van der Waals surface area contributed by atoms with Crippen molar-refractivity contribution in [3.05, 3.63) is 48.6 Å². The Balaban J connectivity index is 3.82. The third-order valence-electron chi connectivity index (χ3n) is 7.90. The van der Waals surface area contributed by atoms with Gasteiger partial charge in [-0.15, -0.1) is 0 Å². The van der Waals surface area contributed by atoms with Gasteiger partial charge in [0.1, 0.15) is 12.2 Å². The predicted molar refractivity (Wildman–Crippen MR) is 187 cm³/mol. The van der Waals surface area contributed by atoms with E-state index >= 15 is 0 Å². The van der Waals surface area contributed by atoms with E-state index in [0.717, 1.165) is 44.9 Å². The van der Waals surface area contributed by atoms with Gasteiger partial charge in [-0.3, -0.25) is 4.79 Å². The smallest absolute Gasteiger partial charge is 0.164 e. The number of Topliss-reactive ketones (excluding diaryl/α,β-unsaturated/α-hetero) is 1. The third kappa shape index (κ3) is 30.3. The van der Waals surface area contributed by atoms with Crippen molar-refractivity contribution in [1.29, 1.82) is 0 Å². The Morgan fingerprint density at radius 3 is 1.42 bits per heavy atom. The number of ether oxygens (including phenoxy) is 1. The van der Waals surface area contributed by atoms with Crippen LogP contribution < -0.4 is 0 Å². The molecule has 250 valence electrons. The first-order valence-electron chi connectivity index (χ1n) is 18.2. The lowest BCUT2D eigenvalue weighted by Gasteiger charge is -2.20. The molecule has 0 saturated heterocycles. The highest BCUT2D eigenvalue weighted by Crippen LogP contribution is 2.14. The molecule has 0 unspecified atom stereocenters. The average molecular weight is 603 g/mol. The first-order chi connectivity index (χ1) is 21.2. The molecular formula is C39H70O4. The Labute approximate surface area is 267 Å². The molecular weight excluding hydrogens is 532 g/mol.